The molecular weight excluding hydrogens is 394 g/mol. The van der Waals surface area contributed by atoms with Gasteiger partial charge in [0.15, 0.2) is 0 Å². The van der Waals surface area contributed by atoms with Crippen LogP contribution in [0.4, 0.5) is 0 Å². The molecule has 0 spiro atoms. The standard InChI is InChI=1S/C20H23N3O3S2/c1-15-5-7-17(8-6-15)20-21-18(16(2)26-20)14-22-9-11-23(12-10-22)28(24,25)19-4-3-13-27-19/h3-8,13H,9-12,14H2,1-2H3. The molecule has 3 heterocycles. The maximum atomic E-state index is 12.6. The van der Waals surface area contributed by atoms with Gasteiger partial charge in [-0.05, 0) is 37.4 Å². The average Bonchev–Trinajstić information content (AvgIpc) is 3.34. The number of piperazine rings is 1. The Hall–Kier alpha value is -2.00. The molecule has 1 aliphatic rings. The third-order valence-corrected chi connectivity index (χ3v) is 8.26. The molecule has 1 fully saturated rings. The van der Waals surface area contributed by atoms with E-state index in [1.165, 1.54) is 16.9 Å². The Morgan fingerprint density at radius 3 is 2.43 bits per heavy atom. The van der Waals surface area contributed by atoms with Gasteiger partial charge in [0.2, 0.25) is 5.89 Å². The summed E-state index contributed by atoms with van der Waals surface area (Å²) < 4.78 is 33.1. The number of benzene rings is 1. The highest BCUT2D eigenvalue weighted by Gasteiger charge is 2.29. The molecule has 0 amide bonds. The number of thiophene rings is 1. The highest BCUT2D eigenvalue weighted by atomic mass is 32.2. The Bertz CT molecular complexity index is 1030. The lowest BCUT2D eigenvalue weighted by molar-refractivity contribution is 0.179. The monoisotopic (exact) mass is 417 g/mol. The number of aryl methyl sites for hydroxylation is 2. The summed E-state index contributed by atoms with van der Waals surface area (Å²) in [5.74, 6) is 1.44. The summed E-state index contributed by atoms with van der Waals surface area (Å²) in [4.78, 5) is 6.90. The number of hydrogen-bond acceptors (Lipinski definition) is 6. The molecule has 0 atom stereocenters. The summed E-state index contributed by atoms with van der Waals surface area (Å²) in [6.07, 6.45) is 0. The fraction of sp³-hybridized carbons (Fsp3) is 0.350. The van der Waals surface area contributed by atoms with Crippen molar-refractivity contribution in [2.24, 2.45) is 0 Å². The number of sulfonamides is 1. The van der Waals surface area contributed by atoms with Crippen molar-refractivity contribution in [1.29, 1.82) is 0 Å². The van der Waals surface area contributed by atoms with E-state index >= 15 is 0 Å². The predicted molar refractivity (Wildman–Crippen MR) is 110 cm³/mol. The second-order valence-electron chi connectivity index (χ2n) is 7.00. The van der Waals surface area contributed by atoms with Crippen molar-refractivity contribution in [1.82, 2.24) is 14.2 Å². The topological polar surface area (TPSA) is 66.7 Å². The van der Waals surface area contributed by atoms with Crippen molar-refractivity contribution in [3.05, 3.63) is 58.8 Å². The summed E-state index contributed by atoms with van der Waals surface area (Å²) in [7, 11) is -3.37. The number of aromatic nitrogens is 1. The highest BCUT2D eigenvalue weighted by molar-refractivity contribution is 7.91. The van der Waals surface area contributed by atoms with E-state index in [4.69, 9.17) is 4.42 Å². The average molecular weight is 418 g/mol. The van der Waals surface area contributed by atoms with Gasteiger partial charge in [0.05, 0.1) is 5.69 Å². The van der Waals surface area contributed by atoms with Crippen LogP contribution in [0.5, 0.6) is 0 Å². The van der Waals surface area contributed by atoms with Crippen molar-refractivity contribution in [2.75, 3.05) is 26.2 Å². The quantitative estimate of drug-likeness (QED) is 0.635. The third-order valence-electron chi connectivity index (χ3n) is 4.99. The van der Waals surface area contributed by atoms with E-state index in [0.717, 1.165) is 17.0 Å². The largest absolute Gasteiger partial charge is 0.441 e. The van der Waals surface area contributed by atoms with Gasteiger partial charge in [-0.2, -0.15) is 4.31 Å². The van der Waals surface area contributed by atoms with Crippen LogP contribution in [-0.2, 0) is 16.6 Å². The zero-order valence-corrected chi connectivity index (χ0v) is 17.6. The smallest absolute Gasteiger partial charge is 0.252 e. The van der Waals surface area contributed by atoms with Crippen LogP contribution in [-0.4, -0.2) is 48.8 Å². The van der Waals surface area contributed by atoms with Gasteiger partial charge in [-0.3, -0.25) is 4.90 Å². The van der Waals surface area contributed by atoms with Gasteiger partial charge in [0.25, 0.3) is 10.0 Å². The second-order valence-corrected chi connectivity index (χ2v) is 10.1. The minimum Gasteiger partial charge on any atom is -0.441 e. The minimum atomic E-state index is -3.37. The minimum absolute atomic E-state index is 0.413. The molecule has 0 N–H and O–H groups in total. The van der Waals surface area contributed by atoms with Crippen LogP contribution in [0, 0.1) is 13.8 Å². The number of oxazole rings is 1. The van der Waals surface area contributed by atoms with Crippen molar-refractivity contribution in [3.63, 3.8) is 0 Å². The van der Waals surface area contributed by atoms with Crippen LogP contribution in [0.3, 0.4) is 0 Å². The summed E-state index contributed by atoms with van der Waals surface area (Å²) in [5, 5.41) is 1.79. The molecule has 0 saturated carbocycles. The fourth-order valence-electron chi connectivity index (χ4n) is 3.27. The lowest BCUT2D eigenvalue weighted by Gasteiger charge is -2.33. The van der Waals surface area contributed by atoms with E-state index in [0.29, 0.717) is 42.8 Å². The lowest BCUT2D eigenvalue weighted by atomic mass is 10.1. The molecule has 2 aromatic heterocycles. The Balaban J connectivity index is 1.41. The molecule has 1 saturated heterocycles. The van der Waals surface area contributed by atoms with Gasteiger partial charge in [0, 0.05) is 38.3 Å². The van der Waals surface area contributed by atoms with E-state index in [-0.39, 0.29) is 0 Å². The molecule has 0 radical (unpaired) electrons. The molecule has 0 bridgehead atoms. The molecule has 3 aromatic rings. The van der Waals surface area contributed by atoms with Crippen LogP contribution >= 0.6 is 11.3 Å². The van der Waals surface area contributed by atoms with Crippen LogP contribution < -0.4 is 0 Å². The molecule has 148 valence electrons. The Kier molecular flexibility index (Phi) is 5.37. The molecule has 0 unspecified atom stereocenters. The summed E-state index contributed by atoms with van der Waals surface area (Å²) >= 11 is 1.26. The summed E-state index contributed by atoms with van der Waals surface area (Å²) in [5.41, 5.74) is 3.07. The first-order valence-corrected chi connectivity index (χ1v) is 11.5. The highest BCUT2D eigenvalue weighted by Crippen LogP contribution is 2.25. The van der Waals surface area contributed by atoms with Crippen LogP contribution in [0.25, 0.3) is 11.5 Å². The fourth-order valence-corrected chi connectivity index (χ4v) is 5.84. The van der Waals surface area contributed by atoms with E-state index in [1.807, 2.05) is 38.1 Å². The second kappa shape index (κ2) is 7.79. The van der Waals surface area contributed by atoms with Gasteiger partial charge >= 0.3 is 0 Å². The Morgan fingerprint density at radius 1 is 1.07 bits per heavy atom. The normalized spacial score (nSPS) is 16.5. The van der Waals surface area contributed by atoms with Crippen LogP contribution in [0.15, 0.2) is 50.4 Å². The van der Waals surface area contributed by atoms with E-state index in [9.17, 15) is 8.42 Å². The van der Waals surface area contributed by atoms with Gasteiger partial charge < -0.3 is 4.42 Å². The molecular formula is C20H23N3O3S2. The van der Waals surface area contributed by atoms with Crippen molar-refractivity contribution in [3.8, 4) is 11.5 Å². The van der Waals surface area contributed by atoms with Crippen LogP contribution in [0.1, 0.15) is 17.0 Å². The maximum absolute atomic E-state index is 12.6. The lowest BCUT2D eigenvalue weighted by Crippen LogP contribution is -2.48. The zero-order valence-electron chi connectivity index (χ0n) is 16.0. The molecule has 8 heteroatoms. The predicted octanol–water partition coefficient (Wildman–Crippen LogP) is 3.53. The van der Waals surface area contributed by atoms with Crippen molar-refractivity contribution >= 4 is 21.4 Å². The summed E-state index contributed by atoms with van der Waals surface area (Å²) in [6, 6.07) is 11.5. The van der Waals surface area contributed by atoms with Crippen LogP contribution in [0.2, 0.25) is 0 Å². The van der Waals surface area contributed by atoms with Gasteiger partial charge in [-0.25, -0.2) is 13.4 Å². The van der Waals surface area contributed by atoms with Crippen molar-refractivity contribution < 1.29 is 12.8 Å². The van der Waals surface area contributed by atoms with Gasteiger partial charge in [0.1, 0.15) is 9.97 Å². The number of nitrogens with zero attached hydrogens (tertiary/aromatic N) is 3. The van der Waals surface area contributed by atoms with E-state index in [1.54, 1.807) is 21.8 Å². The Labute approximate surface area is 169 Å². The number of hydrogen-bond donors (Lipinski definition) is 0. The molecule has 28 heavy (non-hydrogen) atoms. The summed E-state index contributed by atoms with van der Waals surface area (Å²) in [6.45, 7) is 6.97. The zero-order chi connectivity index (χ0) is 19.7. The van der Waals surface area contributed by atoms with Crippen molar-refractivity contribution in [2.45, 2.75) is 24.6 Å². The molecule has 1 aliphatic heterocycles. The van der Waals surface area contributed by atoms with Gasteiger partial charge in [-0.1, -0.05) is 23.8 Å². The number of rotatable bonds is 5. The SMILES string of the molecule is Cc1ccc(-c2nc(CN3CCN(S(=O)(=O)c4cccs4)CC3)c(C)o2)cc1. The van der Waals surface area contributed by atoms with Gasteiger partial charge in [-0.15, -0.1) is 11.3 Å². The Morgan fingerprint density at radius 2 is 1.79 bits per heavy atom. The first-order valence-electron chi connectivity index (χ1n) is 9.23. The van der Waals surface area contributed by atoms with E-state index in [2.05, 4.69) is 9.88 Å². The first-order chi connectivity index (χ1) is 13.4. The molecule has 4 rings (SSSR count). The third kappa shape index (κ3) is 3.91. The van der Waals surface area contributed by atoms with E-state index < -0.39 is 10.0 Å². The maximum Gasteiger partial charge on any atom is 0.252 e. The first kappa shape index (κ1) is 19.3. The molecule has 6 nitrogen and oxygen atoms in total. The molecule has 1 aromatic carbocycles. The molecule has 0 aliphatic carbocycles.